The first kappa shape index (κ1) is 20.4. The van der Waals surface area contributed by atoms with Crippen molar-refractivity contribution in [1.82, 2.24) is 4.98 Å². The number of pyridine rings is 1. The van der Waals surface area contributed by atoms with Gasteiger partial charge in [-0.1, -0.05) is 24.3 Å². The number of nitrogens with two attached hydrogens (primary N) is 1. The number of amides is 1. The molecule has 156 valence electrons. The van der Waals surface area contributed by atoms with Gasteiger partial charge in [0.1, 0.15) is 18.2 Å². The van der Waals surface area contributed by atoms with Gasteiger partial charge in [0, 0.05) is 28.4 Å². The van der Waals surface area contributed by atoms with Crippen LogP contribution >= 0.6 is 11.3 Å². The molecule has 2 heterocycles. The minimum atomic E-state index is -1.06. The Bertz CT molecular complexity index is 1280. The highest BCUT2D eigenvalue weighted by atomic mass is 32.1. The Morgan fingerprint density at radius 1 is 1.19 bits per heavy atom. The monoisotopic (exact) mass is 433 g/mol. The Morgan fingerprint density at radius 2 is 1.97 bits per heavy atom. The summed E-state index contributed by atoms with van der Waals surface area (Å²) in [6.45, 7) is 2.05. The van der Waals surface area contributed by atoms with Crippen LogP contribution in [0.15, 0.2) is 60.1 Å². The Morgan fingerprint density at radius 3 is 2.71 bits per heavy atom. The van der Waals surface area contributed by atoms with E-state index in [1.807, 2.05) is 48.7 Å². The lowest BCUT2D eigenvalue weighted by Gasteiger charge is -2.12. The number of carboxylic acids is 1. The number of aromatic carboxylic acids is 1. The van der Waals surface area contributed by atoms with Crippen LogP contribution in [0.5, 0.6) is 5.75 Å². The second-order valence-corrected chi connectivity index (χ2v) is 7.80. The van der Waals surface area contributed by atoms with E-state index in [-0.39, 0.29) is 23.9 Å². The first-order valence-electron chi connectivity index (χ1n) is 9.41. The van der Waals surface area contributed by atoms with E-state index < -0.39 is 5.97 Å². The summed E-state index contributed by atoms with van der Waals surface area (Å²) in [5.41, 5.74) is 8.89. The van der Waals surface area contributed by atoms with Gasteiger partial charge in [0.2, 0.25) is 0 Å². The summed E-state index contributed by atoms with van der Waals surface area (Å²) in [4.78, 5) is 28.0. The second kappa shape index (κ2) is 8.45. The van der Waals surface area contributed by atoms with Gasteiger partial charge in [0.15, 0.2) is 0 Å². The number of hydrogen-bond donors (Lipinski definition) is 3. The Hall–Kier alpha value is -3.91. The third-order valence-corrected chi connectivity index (χ3v) is 5.86. The highest BCUT2D eigenvalue weighted by Crippen LogP contribution is 2.33. The molecule has 0 saturated heterocycles. The maximum atomic E-state index is 12.6. The summed E-state index contributed by atoms with van der Waals surface area (Å²) >= 11 is 1.29. The molecule has 2 aromatic heterocycles. The van der Waals surface area contributed by atoms with Crippen LogP contribution in [0.1, 0.15) is 31.8 Å². The van der Waals surface area contributed by atoms with E-state index in [0.717, 1.165) is 11.1 Å². The SMILES string of the molecule is Cc1ccc(C(=O)Nc2ccccc2)cc1OCc1csc2c(C(=O)O)cnc(N)c12. The number of aromatic nitrogens is 1. The van der Waals surface area contributed by atoms with E-state index in [0.29, 0.717) is 27.1 Å². The van der Waals surface area contributed by atoms with Crippen molar-refractivity contribution in [3.8, 4) is 5.75 Å². The van der Waals surface area contributed by atoms with Gasteiger partial charge < -0.3 is 20.9 Å². The van der Waals surface area contributed by atoms with E-state index in [1.54, 1.807) is 12.1 Å². The molecule has 0 bridgehead atoms. The van der Waals surface area contributed by atoms with Gasteiger partial charge in [-0.25, -0.2) is 9.78 Å². The van der Waals surface area contributed by atoms with Gasteiger partial charge in [0.25, 0.3) is 5.91 Å². The molecule has 7 nitrogen and oxygen atoms in total. The molecular formula is C23H19N3O4S. The van der Waals surface area contributed by atoms with Gasteiger partial charge in [-0.05, 0) is 42.1 Å². The summed E-state index contributed by atoms with van der Waals surface area (Å²) in [6, 6.07) is 14.4. The van der Waals surface area contributed by atoms with Crippen LogP contribution in [0.25, 0.3) is 10.1 Å². The number of aryl methyl sites for hydroxylation is 1. The Labute approximate surface area is 182 Å². The number of rotatable bonds is 6. The number of carboxylic acid groups (broad SMARTS) is 1. The van der Waals surface area contributed by atoms with Crippen LogP contribution in [0, 0.1) is 6.92 Å². The molecular weight excluding hydrogens is 414 g/mol. The maximum absolute atomic E-state index is 12.6. The summed E-state index contributed by atoms with van der Waals surface area (Å²) < 4.78 is 6.54. The number of nitrogens with zero attached hydrogens (tertiary/aromatic N) is 1. The third-order valence-electron chi connectivity index (χ3n) is 4.80. The van der Waals surface area contributed by atoms with E-state index in [2.05, 4.69) is 10.3 Å². The van der Waals surface area contributed by atoms with Crippen molar-refractivity contribution in [2.24, 2.45) is 0 Å². The van der Waals surface area contributed by atoms with Crippen molar-refractivity contribution in [1.29, 1.82) is 0 Å². The average Bonchev–Trinajstić information content (AvgIpc) is 3.18. The highest BCUT2D eigenvalue weighted by Gasteiger charge is 2.17. The van der Waals surface area contributed by atoms with Gasteiger partial charge in [-0.15, -0.1) is 11.3 Å². The summed E-state index contributed by atoms with van der Waals surface area (Å²) in [7, 11) is 0. The fraction of sp³-hybridized carbons (Fsp3) is 0.0870. The molecule has 4 N–H and O–H groups in total. The van der Waals surface area contributed by atoms with E-state index in [1.165, 1.54) is 17.5 Å². The minimum Gasteiger partial charge on any atom is -0.489 e. The van der Waals surface area contributed by atoms with Gasteiger partial charge in [-0.2, -0.15) is 0 Å². The number of carbonyl (C=O) groups excluding carboxylic acids is 1. The van der Waals surface area contributed by atoms with Gasteiger partial charge in [0.05, 0.1) is 10.3 Å². The number of para-hydroxylation sites is 1. The predicted molar refractivity (Wildman–Crippen MR) is 121 cm³/mol. The predicted octanol–water partition coefficient (Wildman–Crippen LogP) is 4.72. The molecule has 0 atom stereocenters. The fourth-order valence-electron chi connectivity index (χ4n) is 3.17. The molecule has 0 saturated carbocycles. The minimum absolute atomic E-state index is 0.108. The van der Waals surface area contributed by atoms with Crippen molar-refractivity contribution in [2.75, 3.05) is 11.1 Å². The number of benzene rings is 2. The molecule has 0 aliphatic carbocycles. The molecule has 0 radical (unpaired) electrons. The summed E-state index contributed by atoms with van der Waals surface area (Å²) in [6.07, 6.45) is 1.26. The number of hydrogen-bond acceptors (Lipinski definition) is 6. The zero-order valence-corrected chi connectivity index (χ0v) is 17.4. The third kappa shape index (κ3) is 4.19. The number of carbonyl (C=O) groups is 2. The van der Waals surface area contributed by atoms with Crippen LogP contribution < -0.4 is 15.8 Å². The molecule has 0 spiro atoms. The number of thiophene rings is 1. The number of ether oxygens (including phenoxy) is 1. The first-order valence-corrected chi connectivity index (χ1v) is 10.3. The number of nitrogen functional groups attached to an aromatic ring is 1. The molecule has 0 fully saturated rings. The highest BCUT2D eigenvalue weighted by molar-refractivity contribution is 7.17. The lowest BCUT2D eigenvalue weighted by Crippen LogP contribution is -2.12. The molecule has 2 aromatic carbocycles. The number of nitrogens with one attached hydrogen (secondary N) is 1. The molecule has 0 unspecified atom stereocenters. The van der Waals surface area contributed by atoms with Crippen molar-refractivity contribution in [2.45, 2.75) is 13.5 Å². The van der Waals surface area contributed by atoms with Crippen molar-refractivity contribution < 1.29 is 19.4 Å². The standard InChI is InChI=1S/C23H19N3O4S/c1-13-7-8-14(22(27)26-16-5-3-2-4-6-16)9-18(13)30-11-15-12-31-20-17(23(28)29)10-25-21(24)19(15)20/h2-10,12H,11H2,1H3,(H2,24,25)(H,26,27)(H,28,29). The largest absolute Gasteiger partial charge is 0.489 e. The first-order chi connectivity index (χ1) is 14.9. The molecule has 4 rings (SSSR count). The summed E-state index contributed by atoms with van der Waals surface area (Å²) in [5.74, 6) is -0.482. The van der Waals surface area contributed by atoms with Crippen LogP contribution in [-0.4, -0.2) is 22.0 Å². The quantitative estimate of drug-likeness (QED) is 0.405. The second-order valence-electron chi connectivity index (χ2n) is 6.92. The van der Waals surface area contributed by atoms with Crippen molar-refractivity contribution in [3.05, 3.63) is 82.4 Å². The van der Waals surface area contributed by atoms with Crippen molar-refractivity contribution >= 4 is 44.8 Å². The Kier molecular flexibility index (Phi) is 5.55. The maximum Gasteiger partial charge on any atom is 0.338 e. The van der Waals surface area contributed by atoms with Gasteiger partial charge >= 0.3 is 5.97 Å². The average molecular weight is 433 g/mol. The van der Waals surface area contributed by atoms with Gasteiger partial charge in [-0.3, -0.25) is 4.79 Å². The van der Waals surface area contributed by atoms with Crippen LogP contribution in [0.2, 0.25) is 0 Å². The molecule has 1 amide bonds. The summed E-state index contributed by atoms with van der Waals surface area (Å²) in [5, 5.41) is 14.6. The van der Waals surface area contributed by atoms with Crippen LogP contribution in [0.3, 0.4) is 0 Å². The molecule has 8 heteroatoms. The number of fused-ring (bicyclic) bond motifs is 1. The molecule has 0 aliphatic heterocycles. The zero-order valence-electron chi connectivity index (χ0n) is 16.6. The van der Waals surface area contributed by atoms with E-state index >= 15 is 0 Å². The smallest absolute Gasteiger partial charge is 0.338 e. The molecule has 4 aromatic rings. The Balaban J connectivity index is 1.57. The zero-order chi connectivity index (χ0) is 22.0. The lowest BCUT2D eigenvalue weighted by atomic mass is 10.1. The van der Waals surface area contributed by atoms with Crippen molar-refractivity contribution in [3.63, 3.8) is 0 Å². The topological polar surface area (TPSA) is 115 Å². The molecule has 0 aliphatic rings. The number of anilines is 2. The van der Waals surface area contributed by atoms with Crippen LogP contribution in [0.4, 0.5) is 11.5 Å². The lowest BCUT2D eigenvalue weighted by molar-refractivity contribution is 0.0698. The fourth-order valence-corrected chi connectivity index (χ4v) is 4.23. The van der Waals surface area contributed by atoms with E-state index in [9.17, 15) is 14.7 Å². The normalized spacial score (nSPS) is 10.7. The van der Waals surface area contributed by atoms with E-state index in [4.69, 9.17) is 10.5 Å². The molecule has 31 heavy (non-hydrogen) atoms. The van der Waals surface area contributed by atoms with Crippen LogP contribution in [-0.2, 0) is 6.61 Å².